The summed E-state index contributed by atoms with van der Waals surface area (Å²) in [5, 5.41) is 1.31. The standard InChI is InChI=1S/C20H21N3O2S/c1-2-18(24)22-12-11-17-16(13-22)19(25)23(14-7-4-3-5-8-14)20(21-17)26-15-9-6-10-15/h2-5,7-8,15H,1,6,9-13H2. The third kappa shape index (κ3) is 3.09. The zero-order chi connectivity index (χ0) is 18.1. The average molecular weight is 367 g/mol. The molecule has 0 spiro atoms. The molecule has 26 heavy (non-hydrogen) atoms. The first-order valence-electron chi connectivity index (χ1n) is 8.95. The van der Waals surface area contributed by atoms with E-state index in [0.29, 0.717) is 30.3 Å². The number of aromatic nitrogens is 2. The predicted molar refractivity (Wildman–Crippen MR) is 103 cm³/mol. The highest BCUT2D eigenvalue weighted by molar-refractivity contribution is 7.99. The Balaban J connectivity index is 1.81. The zero-order valence-corrected chi connectivity index (χ0v) is 15.4. The molecular weight excluding hydrogens is 346 g/mol. The summed E-state index contributed by atoms with van der Waals surface area (Å²) in [5.74, 6) is -0.144. The first-order chi connectivity index (χ1) is 12.7. The number of amides is 1. The van der Waals surface area contributed by atoms with Crippen LogP contribution in [0.3, 0.4) is 0 Å². The van der Waals surface area contributed by atoms with Gasteiger partial charge in [0, 0.05) is 18.2 Å². The molecule has 0 N–H and O–H groups in total. The largest absolute Gasteiger partial charge is 0.334 e. The molecule has 1 aliphatic carbocycles. The van der Waals surface area contributed by atoms with Crippen LogP contribution in [0.25, 0.3) is 5.69 Å². The molecule has 0 saturated heterocycles. The molecule has 1 aromatic heterocycles. The number of rotatable bonds is 4. The van der Waals surface area contributed by atoms with Gasteiger partial charge in [-0.25, -0.2) is 4.98 Å². The lowest BCUT2D eigenvalue weighted by Crippen LogP contribution is -2.40. The van der Waals surface area contributed by atoms with Gasteiger partial charge >= 0.3 is 0 Å². The molecule has 2 aromatic rings. The van der Waals surface area contributed by atoms with Gasteiger partial charge in [0.1, 0.15) is 0 Å². The number of thioether (sulfide) groups is 1. The smallest absolute Gasteiger partial charge is 0.264 e. The molecule has 134 valence electrons. The van der Waals surface area contributed by atoms with Crippen molar-refractivity contribution in [3.63, 3.8) is 0 Å². The summed E-state index contributed by atoms with van der Waals surface area (Å²) in [6.45, 7) is 4.42. The minimum Gasteiger partial charge on any atom is -0.334 e. The minimum atomic E-state index is -0.144. The maximum Gasteiger partial charge on any atom is 0.264 e. The number of carbonyl (C=O) groups excluding carboxylic acids is 1. The Morgan fingerprint density at radius 3 is 2.69 bits per heavy atom. The summed E-state index contributed by atoms with van der Waals surface area (Å²) in [7, 11) is 0. The number of hydrogen-bond donors (Lipinski definition) is 0. The third-order valence-corrected chi connectivity index (χ3v) is 6.31. The van der Waals surface area contributed by atoms with Crippen LogP contribution in [0, 0.1) is 0 Å². The molecule has 5 nitrogen and oxygen atoms in total. The highest BCUT2D eigenvalue weighted by atomic mass is 32.2. The van der Waals surface area contributed by atoms with Crippen molar-refractivity contribution in [2.24, 2.45) is 0 Å². The van der Waals surface area contributed by atoms with E-state index in [9.17, 15) is 9.59 Å². The molecule has 2 heterocycles. The molecule has 0 atom stereocenters. The average Bonchev–Trinajstić information content (AvgIpc) is 2.64. The van der Waals surface area contributed by atoms with Crippen molar-refractivity contribution in [2.45, 2.75) is 42.6 Å². The van der Waals surface area contributed by atoms with Crippen molar-refractivity contribution in [1.29, 1.82) is 0 Å². The van der Waals surface area contributed by atoms with E-state index < -0.39 is 0 Å². The number of benzene rings is 1. The van der Waals surface area contributed by atoms with Crippen molar-refractivity contribution in [1.82, 2.24) is 14.5 Å². The molecule has 0 bridgehead atoms. The van der Waals surface area contributed by atoms with E-state index in [1.165, 1.54) is 25.3 Å². The zero-order valence-electron chi connectivity index (χ0n) is 14.6. The van der Waals surface area contributed by atoms with Crippen LogP contribution in [0.15, 0.2) is 52.9 Å². The first-order valence-corrected chi connectivity index (χ1v) is 9.83. The summed E-state index contributed by atoms with van der Waals surface area (Å²) in [5.41, 5.74) is 2.21. The summed E-state index contributed by atoms with van der Waals surface area (Å²) in [4.78, 5) is 31.8. The summed E-state index contributed by atoms with van der Waals surface area (Å²) in [6, 6.07) is 9.63. The lowest BCUT2D eigenvalue weighted by molar-refractivity contribution is -0.126. The lowest BCUT2D eigenvalue weighted by Gasteiger charge is -2.29. The van der Waals surface area contributed by atoms with E-state index in [1.807, 2.05) is 30.3 Å². The molecule has 1 aliphatic heterocycles. The van der Waals surface area contributed by atoms with Gasteiger partial charge in [0.2, 0.25) is 5.91 Å². The topological polar surface area (TPSA) is 55.2 Å². The van der Waals surface area contributed by atoms with Crippen LogP contribution in [0.1, 0.15) is 30.5 Å². The summed E-state index contributed by atoms with van der Waals surface area (Å²) >= 11 is 1.71. The fraction of sp³-hybridized carbons (Fsp3) is 0.350. The molecule has 0 radical (unpaired) electrons. The van der Waals surface area contributed by atoms with Crippen molar-refractivity contribution in [3.05, 3.63) is 64.6 Å². The quantitative estimate of drug-likeness (QED) is 0.616. The van der Waals surface area contributed by atoms with E-state index in [-0.39, 0.29) is 11.5 Å². The number of nitrogens with zero attached hydrogens (tertiary/aromatic N) is 3. The summed E-state index contributed by atoms with van der Waals surface area (Å²) < 4.78 is 1.71. The lowest BCUT2D eigenvalue weighted by atomic mass is 10.0. The van der Waals surface area contributed by atoms with Gasteiger partial charge in [-0.2, -0.15) is 0 Å². The first kappa shape index (κ1) is 17.1. The third-order valence-electron chi connectivity index (χ3n) is 5.02. The Kier molecular flexibility index (Phi) is 4.68. The van der Waals surface area contributed by atoms with Gasteiger partial charge in [0.25, 0.3) is 5.56 Å². The van der Waals surface area contributed by atoms with Crippen molar-refractivity contribution in [3.8, 4) is 5.69 Å². The van der Waals surface area contributed by atoms with Crippen LogP contribution in [0.5, 0.6) is 0 Å². The van der Waals surface area contributed by atoms with Crippen molar-refractivity contribution in [2.75, 3.05) is 6.54 Å². The van der Waals surface area contributed by atoms with E-state index in [1.54, 1.807) is 21.2 Å². The molecule has 2 aliphatic rings. The highest BCUT2D eigenvalue weighted by Gasteiger charge is 2.28. The van der Waals surface area contributed by atoms with Gasteiger partial charge in [0.15, 0.2) is 5.16 Å². The molecule has 0 unspecified atom stereocenters. The second kappa shape index (κ2) is 7.11. The maximum absolute atomic E-state index is 13.3. The molecular formula is C20H21N3O2S. The molecule has 1 aromatic carbocycles. The van der Waals surface area contributed by atoms with E-state index in [0.717, 1.165) is 16.5 Å². The Bertz CT molecular complexity index is 903. The number of para-hydroxylation sites is 1. The molecule has 1 fully saturated rings. The van der Waals surface area contributed by atoms with E-state index >= 15 is 0 Å². The Hall–Kier alpha value is -2.34. The van der Waals surface area contributed by atoms with Gasteiger partial charge in [-0.3, -0.25) is 14.2 Å². The fourth-order valence-corrected chi connectivity index (χ4v) is 4.62. The van der Waals surface area contributed by atoms with Crippen molar-refractivity contribution < 1.29 is 4.79 Å². The van der Waals surface area contributed by atoms with Gasteiger partial charge < -0.3 is 4.90 Å². The van der Waals surface area contributed by atoms with Crippen LogP contribution < -0.4 is 5.56 Å². The molecule has 6 heteroatoms. The second-order valence-corrected chi connectivity index (χ2v) is 7.95. The van der Waals surface area contributed by atoms with Crippen LogP contribution >= 0.6 is 11.8 Å². The Morgan fingerprint density at radius 1 is 1.27 bits per heavy atom. The number of hydrogen-bond acceptors (Lipinski definition) is 4. The molecule has 1 saturated carbocycles. The second-order valence-electron chi connectivity index (χ2n) is 6.68. The number of fused-ring (bicyclic) bond motifs is 1. The molecule has 4 rings (SSSR count). The number of carbonyl (C=O) groups is 1. The maximum atomic E-state index is 13.3. The van der Waals surface area contributed by atoms with Gasteiger partial charge in [-0.15, -0.1) is 0 Å². The van der Waals surface area contributed by atoms with Gasteiger partial charge in [-0.05, 0) is 31.1 Å². The van der Waals surface area contributed by atoms with E-state index in [4.69, 9.17) is 4.98 Å². The molecule has 1 amide bonds. The van der Waals surface area contributed by atoms with Crippen molar-refractivity contribution >= 4 is 17.7 Å². The normalized spacial score (nSPS) is 16.7. The highest BCUT2D eigenvalue weighted by Crippen LogP contribution is 2.36. The van der Waals surface area contributed by atoms with Crippen LogP contribution in [-0.2, 0) is 17.8 Å². The monoisotopic (exact) mass is 367 g/mol. The predicted octanol–water partition coefficient (Wildman–Crippen LogP) is 2.95. The SMILES string of the molecule is C=CC(=O)N1CCc2nc(SC3CCC3)n(-c3ccccc3)c(=O)c2C1. The summed E-state index contributed by atoms with van der Waals surface area (Å²) in [6.07, 6.45) is 5.51. The van der Waals surface area contributed by atoms with Crippen LogP contribution in [-0.4, -0.2) is 32.2 Å². The van der Waals surface area contributed by atoms with Gasteiger partial charge in [0.05, 0.1) is 23.5 Å². The van der Waals surface area contributed by atoms with E-state index in [2.05, 4.69) is 6.58 Å². The fourth-order valence-electron chi connectivity index (χ4n) is 3.29. The van der Waals surface area contributed by atoms with Crippen LogP contribution in [0.4, 0.5) is 0 Å². The minimum absolute atomic E-state index is 0.0652. The van der Waals surface area contributed by atoms with Gasteiger partial charge in [-0.1, -0.05) is 43.0 Å². The Morgan fingerprint density at radius 2 is 2.04 bits per heavy atom. The van der Waals surface area contributed by atoms with Crippen LogP contribution in [0.2, 0.25) is 0 Å². The Labute approximate surface area is 156 Å².